The summed E-state index contributed by atoms with van der Waals surface area (Å²) in [6.45, 7) is 7.12. The lowest BCUT2D eigenvalue weighted by atomic mass is 10.1. The average molecular weight is 317 g/mol. The van der Waals surface area contributed by atoms with Crippen molar-refractivity contribution in [2.24, 2.45) is 0 Å². The highest BCUT2D eigenvalue weighted by Gasteiger charge is 2.21. The molecule has 0 aliphatic rings. The van der Waals surface area contributed by atoms with Crippen LogP contribution < -0.4 is 5.19 Å². The van der Waals surface area contributed by atoms with Crippen LogP contribution >= 0.6 is 0 Å². The Kier molecular flexibility index (Phi) is 3.13. The van der Waals surface area contributed by atoms with Crippen LogP contribution in [0, 0.1) is 0 Å². The molecule has 2 aromatic carbocycles. The normalized spacial score (nSPS) is 12.1. The van der Waals surface area contributed by atoms with Gasteiger partial charge in [-0.15, -0.1) is 0 Å². The third kappa shape index (κ3) is 2.37. The molecule has 0 N–H and O–H groups in total. The summed E-state index contributed by atoms with van der Waals surface area (Å²) in [5.41, 5.74) is 3.94. The fourth-order valence-electron chi connectivity index (χ4n) is 2.97. The third-order valence-corrected chi connectivity index (χ3v) is 6.31. The SMILES string of the molecule is C[Si](C)(C)c1cc(-c2ccccn2)c2oc3ccccc3c2c1. The van der Waals surface area contributed by atoms with Crippen molar-refractivity contribution in [1.82, 2.24) is 4.98 Å². The first kappa shape index (κ1) is 14.2. The van der Waals surface area contributed by atoms with Gasteiger partial charge in [0.05, 0.1) is 13.8 Å². The van der Waals surface area contributed by atoms with E-state index in [0.717, 1.165) is 22.4 Å². The number of hydrogen-bond donors (Lipinski definition) is 0. The topological polar surface area (TPSA) is 26.0 Å². The third-order valence-electron chi connectivity index (χ3n) is 4.29. The summed E-state index contributed by atoms with van der Waals surface area (Å²) in [6.07, 6.45) is 1.84. The number of hydrogen-bond acceptors (Lipinski definition) is 2. The quantitative estimate of drug-likeness (QED) is 0.475. The maximum atomic E-state index is 6.18. The number of para-hydroxylation sites is 1. The maximum absolute atomic E-state index is 6.18. The van der Waals surface area contributed by atoms with Gasteiger partial charge in [0.1, 0.15) is 11.2 Å². The fourth-order valence-corrected chi connectivity index (χ4v) is 4.13. The van der Waals surface area contributed by atoms with E-state index < -0.39 is 8.07 Å². The molecule has 0 aliphatic carbocycles. The number of fused-ring (bicyclic) bond motifs is 3. The summed E-state index contributed by atoms with van der Waals surface area (Å²) in [4.78, 5) is 4.55. The Labute approximate surface area is 136 Å². The zero-order valence-electron chi connectivity index (χ0n) is 13.6. The van der Waals surface area contributed by atoms with Gasteiger partial charge in [0, 0.05) is 22.5 Å². The van der Waals surface area contributed by atoms with Gasteiger partial charge < -0.3 is 4.42 Å². The van der Waals surface area contributed by atoms with Crippen LogP contribution in [0.3, 0.4) is 0 Å². The molecule has 0 fully saturated rings. The van der Waals surface area contributed by atoms with E-state index in [9.17, 15) is 0 Å². The van der Waals surface area contributed by atoms with E-state index in [0.29, 0.717) is 0 Å². The molecule has 2 aromatic heterocycles. The van der Waals surface area contributed by atoms with Gasteiger partial charge in [-0.3, -0.25) is 4.98 Å². The highest BCUT2D eigenvalue weighted by atomic mass is 28.3. The van der Waals surface area contributed by atoms with Crippen LogP contribution in [0.25, 0.3) is 33.2 Å². The highest BCUT2D eigenvalue weighted by Crippen LogP contribution is 2.34. The van der Waals surface area contributed by atoms with Crippen LogP contribution in [0.1, 0.15) is 0 Å². The number of pyridine rings is 1. The molecule has 0 saturated heterocycles. The number of benzene rings is 2. The van der Waals surface area contributed by atoms with Crippen LogP contribution in [0.2, 0.25) is 19.6 Å². The maximum Gasteiger partial charge on any atom is 0.144 e. The molecule has 2 heterocycles. The molecule has 4 aromatic rings. The Morgan fingerprint density at radius 1 is 0.870 bits per heavy atom. The fraction of sp³-hybridized carbons (Fsp3) is 0.150. The second-order valence-electron chi connectivity index (χ2n) is 6.96. The number of nitrogens with zero attached hydrogens (tertiary/aromatic N) is 1. The van der Waals surface area contributed by atoms with Crippen molar-refractivity contribution < 1.29 is 4.42 Å². The zero-order chi connectivity index (χ0) is 16.0. The van der Waals surface area contributed by atoms with Crippen LogP contribution in [0.4, 0.5) is 0 Å². The summed E-state index contributed by atoms with van der Waals surface area (Å²) < 4.78 is 6.18. The molecule has 4 rings (SSSR count). The van der Waals surface area contributed by atoms with Crippen LogP contribution in [-0.2, 0) is 0 Å². The van der Waals surface area contributed by atoms with E-state index in [-0.39, 0.29) is 0 Å². The molecule has 0 spiro atoms. The smallest absolute Gasteiger partial charge is 0.144 e. The molecule has 23 heavy (non-hydrogen) atoms. The summed E-state index contributed by atoms with van der Waals surface area (Å²) in [6, 6.07) is 18.9. The second kappa shape index (κ2) is 5.07. The van der Waals surface area contributed by atoms with Crippen molar-refractivity contribution in [1.29, 1.82) is 0 Å². The Hall–Kier alpha value is -2.39. The van der Waals surface area contributed by atoms with Crippen molar-refractivity contribution in [3.63, 3.8) is 0 Å². The molecular weight excluding hydrogens is 298 g/mol. The van der Waals surface area contributed by atoms with Crippen molar-refractivity contribution in [2.45, 2.75) is 19.6 Å². The van der Waals surface area contributed by atoms with Crippen molar-refractivity contribution >= 4 is 35.2 Å². The van der Waals surface area contributed by atoms with Gasteiger partial charge in [0.15, 0.2) is 0 Å². The molecule has 0 bridgehead atoms. The lowest BCUT2D eigenvalue weighted by molar-refractivity contribution is 0.670. The van der Waals surface area contributed by atoms with Crippen molar-refractivity contribution in [3.05, 3.63) is 60.8 Å². The second-order valence-corrected chi connectivity index (χ2v) is 12.0. The van der Waals surface area contributed by atoms with Crippen molar-refractivity contribution in [3.8, 4) is 11.3 Å². The lowest BCUT2D eigenvalue weighted by Gasteiger charge is -2.18. The molecule has 0 amide bonds. The van der Waals surface area contributed by atoms with Crippen LogP contribution in [-0.4, -0.2) is 13.1 Å². The van der Waals surface area contributed by atoms with E-state index >= 15 is 0 Å². The minimum atomic E-state index is -1.44. The zero-order valence-corrected chi connectivity index (χ0v) is 14.6. The minimum absolute atomic E-state index is 0.937. The van der Waals surface area contributed by atoms with Gasteiger partial charge in [-0.1, -0.05) is 55.2 Å². The number of furan rings is 1. The molecule has 114 valence electrons. The summed E-state index contributed by atoms with van der Waals surface area (Å²) >= 11 is 0. The first-order valence-electron chi connectivity index (χ1n) is 7.91. The Balaban J connectivity index is 2.15. The Bertz CT molecular complexity index is 997. The van der Waals surface area contributed by atoms with E-state index in [1.807, 2.05) is 30.5 Å². The predicted octanol–water partition coefficient (Wildman–Crippen LogP) is 5.19. The van der Waals surface area contributed by atoms with Crippen LogP contribution in [0.5, 0.6) is 0 Å². The molecule has 3 heteroatoms. The summed E-state index contributed by atoms with van der Waals surface area (Å²) in [7, 11) is -1.44. The Morgan fingerprint density at radius 2 is 1.65 bits per heavy atom. The van der Waals surface area contributed by atoms with E-state index in [1.54, 1.807) is 0 Å². The molecule has 0 unspecified atom stereocenters. The number of rotatable bonds is 2. The molecular formula is C20H19NOSi. The summed E-state index contributed by atoms with van der Waals surface area (Å²) in [5, 5.41) is 3.80. The monoisotopic (exact) mass is 317 g/mol. The van der Waals surface area contributed by atoms with Crippen LogP contribution in [0.15, 0.2) is 65.2 Å². The van der Waals surface area contributed by atoms with Gasteiger partial charge in [-0.2, -0.15) is 0 Å². The average Bonchev–Trinajstić information content (AvgIpc) is 2.92. The molecule has 0 aliphatic heterocycles. The standard InChI is InChI=1S/C20H19NOSi/c1-23(2,3)14-12-16-15-8-4-5-10-19(15)22-20(16)17(13-14)18-9-6-7-11-21-18/h4-13H,1-3H3. The molecule has 0 atom stereocenters. The van der Waals surface area contributed by atoms with Gasteiger partial charge in [-0.25, -0.2) is 0 Å². The van der Waals surface area contributed by atoms with E-state index in [2.05, 4.69) is 55.0 Å². The first-order valence-corrected chi connectivity index (χ1v) is 11.4. The molecule has 2 nitrogen and oxygen atoms in total. The molecule has 0 radical (unpaired) electrons. The Morgan fingerprint density at radius 3 is 2.39 bits per heavy atom. The number of aromatic nitrogens is 1. The minimum Gasteiger partial charge on any atom is -0.455 e. The van der Waals surface area contributed by atoms with Crippen molar-refractivity contribution in [2.75, 3.05) is 0 Å². The van der Waals surface area contributed by atoms with E-state index in [4.69, 9.17) is 4.42 Å². The van der Waals surface area contributed by atoms with Gasteiger partial charge in [-0.05, 0) is 24.3 Å². The predicted molar refractivity (Wildman–Crippen MR) is 99.9 cm³/mol. The lowest BCUT2D eigenvalue weighted by Crippen LogP contribution is -2.37. The largest absolute Gasteiger partial charge is 0.455 e. The first-order chi connectivity index (χ1) is 11.0. The summed E-state index contributed by atoms with van der Waals surface area (Å²) in [5.74, 6) is 0. The van der Waals surface area contributed by atoms with Gasteiger partial charge >= 0.3 is 0 Å². The molecule has 0 saturated carbocycles. The van der Waals surface area contributed by atoms with Gasteiger partial charge in [0.25, 0.3) is 0 Å². The van der Waals surface area contributed by atoms with Gasteiger partial charge in [0.2, 0.25) is 0 Å². The highest BCUT2D eigenvalue weighted by molar-refractivity contribution is 6.89. The van der Waals surface area contributed by atoms with E-state index in [1.165, 1.54) is 16.0 Å².